The molecular weight excluding hydrogens is 523 g/mol. The number of fused-ring (bicyclic) bond motifs is 2. The van der Waals surface area contributed by atoms with E-state index < -0.39 is 21.7 Å². The number of carbonyl (C=O) groups is 1. The number of sulfonamides is 1. The van der Waals surface area contributed by atoms with Gasteiger partial charge in [-0.1, -0.05) is 0 Å². The molecule has 0 aliphatic carbocycles. The fourth-order valence-electron chi connectivity index (χ4n) is 4.36. The smallest absolute Gasteiger partial charge is 0.258 e. The van der Waals surface area contributed by atoms with Gasteiger partial charge in [-0.05, 0) is 74.8 Å². The van der Waals surface area contributed by atoms with E-state index in [2.05, 4.69) is 10.6 Å². The molecule has 202 valence electrons. The topological polar surface area (TPSA) is 100 Å². The monoisotopic (exact) mass is 550 g/mol. The van der Waals surface area contributed by atoms with Gasteiger partial charge in [-0.15, -0.1) is 0 Å². The predicted molar refractivity (Wildman–Crippen MR) is 149 cm³/mol. The molecule has 39 heavy (non-hydrogen) atoms. The molecule has 3 aromatic rings. The highest BCUT2D eigenvalue weighted by Gasteiger charge is 2.29. The molecular formula is C28H27FN4O5S. The number of likely N-dealkylation sites (N-methyl/N-ethyl adjacent to an activating group) is 1. The number of ether oxygens (including phenoxy) is 2. The van der Waals surface area contributed by atoms with Gasteiger partial charge in [0.05, 0.1) is 28.9 Å². The maximum absolute atomic E-state index is 13.9. The van der Waals surface area contributed by atoms with Gasteiger partial charge in [0.1, 0.15) is 18.3 Å². The zero-order chi connectivity index (χ0) is 27.7. The molecule has 5 rings (SSSR count). The van der Waals surface area contributed by atoms with Crippen molar-refractivity contribution in [1.29, 1.82) is 0 Å². The summed E-state index contributed by atoms with van der Waals surface area (Å²) in [6.07, 6.45) is 4.01. The summed E-state index contributed by atoms with van der Waals surface area (Å²) in [6.45, 7) is 0.852. The van der Waals surface area contributed by atoms with Crippen molar-refractivity contribution in [2.45, 2.75) is 0 Å². The number of hydrogen-bond acceptors (Lipinski definition) is 7. The molecule has 0 unspecified atom stereocenters. The second-order valence-corrected chi connectivity index (χ2v) is 11.3. The van der Waals surface area contributed by atoms with Crippen molar-refractivity contribution in [2.75, 3.05) is 48.4 Å². The van der Waals surface area contributed by atoms with Gasteiger partial charge >= 0.3 is 0 Å². The summed E-state index contributed by atoms with van der Waals surface area (Å²) in [5.74, 6) is 0.132. The fourth-order valence-corrected chi connectivity index (χ4v) is 5.28. The highest BCUT2D eigenvalue weighted by molar-refractivity contribution is 7.92. The van der Waals surface area contributed by atoms with Crippen LogP contribution in [0.2, 0.25) is 0 Å². The number of hydrogen-bond donors (Lipinski definition) is 2. The molecule has 3 aromatic carbocycles. The zero-order valence-corrected chi connectivity index (χ0v) is 22.4. The van der Waals surface area contributed by atoms with Gasteiger partial charge in [-0.3, -0.25) is 9.10 Å². The first-order chi connectivity index (χ1) is 18.6. The SMILES string of the molecule is CN(C)CCN(c1ccc(N/C(=C2\C(=O)Nc3cc(F)ccc32)c2ccc3c(c2)OC=CO3)cc1)S(C)(=O)=O. The van der Waals surface area contributed by atoms with Crippen LogP contribution in [0.5, 0.6) is 11.5 Å². The second kappa shape index (κ2) is 10.4. The number of benzene rings is 3. The summed E-state index contributed by atoms with van der Waals surface area (Å²) in [6, 6.07) is 16.3. The van der Waals surface area contributed by atoms with Crippen molar-refractivity contribution in [3.63, 3.8) is 0 Å². The maximum Gasteiger partial charge on any atom is 0.258 e. The molecule has 0 bridgehead atoms. The van der Waals surface area contributed by atoms with Crippen LogP contribution in [-0.4, -0.2) is 52.7 Å². The van der Waals surface area contributed by atoms with Crippen molar-refractivity contribution < 1.29 is 27.1 Å². The lowest BCUT2D eigenvalue weighted by atomic mass is 9.99. The van der Waals surface area contributed by atoms with Gasteiger partial charge < -0.3 is 25.0 Å². The first-order valence-electron chi connectivity index (χ1n) is 12.1. The molecule has 0 saturated heterocycles. The van der Waals surface area contributed by atoms with Crippen molar-refractivity contribution in [3.8, 4) is 11.5 Å². The highest BCUT2D eigenvalue weighted by Crippen LogP contribution is 2.40. The summed E-state index contributed by atoms with van der Waals surface area (Å²) in [7, 11) is 0.258. The number of anilines is 3. The van der Waals surface area contributed by atoms with Gasteiger partial charge in [0.25, 0.3) is 5.91 Å². The Morgan fingerprint density at radius 2 is 1.67 bits per heavy atom. The Hall–Kier alpha value is -4.35. The van der Waals surface area contributed by atoms with Crippen LogP contribution in [0.25, 0.3) is 11.3 Å². The molecule has 2 aliphatic heterocycles. The molecule has 9 nitrogen and oxygen atoms in total. The Morgan fingerprint density at radius 3 is 2.36 bits per heavy atom. The minimum absolute atomic E-state index is 0.299. The molecule has 0 atom stereocenters. The Labute approximate surface area is 226 Å². The molecule has 0 saturated carbocycles. The predicted octanol–water partition coefficient (Wildman–Crippen LogP) is 4.33. The van der Waals surface area contributed by atoms with E-state index in [1.807, 2.05) is 19.0 Å². The largest absolute Gasteiger partial charge is 0.458 e. The lowest BCUT2D eigenvalue weighted by molar-refractivity contribution is -0.110. The molecule has 11 heteroatoms. The molecule has 0 radical (unpaired) electrons. The number of carbonyl (C=O) groups excluding carboxylic acids is 1. The van der Waals surface area contributed by atoms with Crippen LogP contribution in [0, 0.1) is 5.82 Å². The average Bonchev–Trinajstić information content (AvgIpc) is 3.21. The molecule has 2 N–H and O–H groups in total. The Bertz CT molecular complexity index is 1600. The van der Waals surface area contributed by atoms with Crippen molar-refractivity contribution in [2.24, 2.45) is 0 Å². The van der Waals surface area contributed by atoms with Gasteiger partial charge in [0.2, 0.25) is 10.0 Å². The summed E-state index contributed by atoms with van der Waals surface area (Å²) in [5.41, 5.74) is 3.45. The van der Waals surface area contributed by atoms with Crippen LogP contribution in [0.4, 0.5) is 21.5 Å². The molecule has 2 aliphatic rings. The molecule has 0 aromatic heterocycles. The molecule has 0 fully saturated rings. The van der Waals surface area contributed by atoms with E-state index in [0.717, 1.165) is 0 Å². The Morgan fingerprint density at radius 1 is 0.949 bits per heavy atom. The Kier molecular flexibility index (Phi) is 7.02. The lowest BCUT2D eigenvalue weighted by Gasteiger charge is -2.24. The fraction of sp³-hybridized carbons (Fsp3) is 0.179. The van der Waals surface area contributed by atoms with E-state index in [1.165, 1.54) is 35.2 Å². The standard InChI is InChI=1S/C28H27FN4O5S/c1-32(2)12-13-33(39(3,35)36)21-8-6-20(7-9-21)30-27(18-4-11-24-25(16-18)38-15-14-37-24)26-22-10-5-19(29)17-23(22)31-28(26)34/h4-11,14-17,30H,12-13H2,1-3H3,(H,31,34)/b27-26-. The highest BCUT2D eigenvalue weighted by atomic mass is 32.2. The van der Waals surface area contributed by atoms with E-state index >= 15 is 0 Å². The van der Waals surface area contributed by atoms with Crippen LogP contribution >= 0.6 is 0 Å². The van der Waals surface area contributed by atoms with Gasteiger partial charge in [0, 0.05) is 29.9 Å². The normalized spacial score (nSPS) is 15.2. The summed E-state index contributed by atoms with van der Waals surface area (Å²) >= 11 is 0. The number of nitrogens with zero attached hydrogens (tertiary/aromatic N) is 2. The molecule has 0 spiro atoms. The third-order valence-corrected chi connectivity index (χ3v) is 7.42. The third kappa shape index (κ3) is 5.59. The van der Waals surface area contributed by atoms with Crippen LogP contribution in [-0.2, 0) is 14.8 Å². The van der Waals surface area contributed by atoms with E-state index in [9.17, 15) is 17.6 Å². The lowest BCUT2D eigenvalue weighted by Crippen LogP contribution is -2.35. The van der Waals surface area contributed by atoms with E-state index in [1.54, 1.807) is 48.5 Å². The van der Waals surface area contributed by atoms with Gasteiger partial charge in [-0.2, -0.15) is 0 Å². The molecule has 2 heterocycles. The number of rotatable bonds is 8. The van der Waals surface area contributed by atoms with Crippen LogP contribution in [0.15, 0.2) is 73.2 Å². The summed E-state index contributed by atoms with van der Waals surface area (Å²) < 4.78 is 51.2. The third-order valence-electron chi connectivity index (χ3n) is 6.23. The van der Waals surface area contributed by atoms with Crippen molar-refractivity contribution in [3.05, 3.63) is 90.1 Å². The van der Waals surface area contributed by atoms with Crippen LogP contribution in [0.1, 0.15) is 11.1 Å². The number of nitrogens with one attached hydrogen (secondary N) is 2. The van der Waals surface area contributed by atoms with E-state index in [0.29, 0.717) is 64.0 Å². The van der Waals surface area contributed by atoms with E-state index in [-0.39, 0.29) is 0 Å². The first kappa shape index (κ1) is 26.3. The van der Waals surface area contributed by atoms with E-state index in [4.69, 9.17) is 9.47 Å². The quantitative estimate of drug-likeness (QED) is 0.403. The minimum atomic E-state index is -3.50. The zero-order valence-electron chi connectivity index (χ0n) is 21.6. The van der Waals surface area contributed by atoms with Gasteiger partial charge in [0.15, 0.2) is 11.5 Å². The maximum atomic E-state index is 13.9. The summed E-state index contributed by atoms with van der Waals surface area (Å²) in [5, 5.41) is 6.05. The van der Waals surface area contributed by atoms with Gasteiger partial charge in [-0.25, -0.2) is 12.8 Å². The average molecular weight is 551 g/mol. The summed E-state index contributed by atoms with van der Waals surface area (Å²) in [4.78, 5) is 15.0. The number of amides is 1. The first-order valence-corrected chi connectivity index (χ1v) is 13.9. The molecule has 1 amide bonds. The number of halogens is 1. The minimum Gasteiger partial charge on any atom is -0.458 e. The van der Waals surface area contributed by atoms with Crippen molar-refractivity contribution >= 4 is 44.3 Å². The van der Waals surface area contributed by atoms with Crippen molar-refractivity contribution in [1.82, 2.24) is 4.90 Å². The second-order valence-electron chi connectivity index (χ2n) is 9.37. The van der Waals surface area contributed by atoms with Crippen LogP contribution < -0.4 is 24.4 Å². The Balaban J connectivity index is 1.56. The van der Waals surface area contributed by atoms with Crippen LogP contribution in [0.3, 0.4) is 0 Å².